The molecule has 2 heterocycles. The molecule has 0 saturated heterocycles. The molecule has 0 fully saturated rings. The highest BCUT2D eigenvalue weighted by Gasteiger charge is 2.34. The van der Waals surface area contributed by atoms with Crippen LogP contribution in [0.25, 0.3) is 11.0 Å². The van der Waals surface area contributed by atoms with Gasteiger partial charge in [-0.25, -0.2) is 9.78 Å². The highest BCUT2D eigenvalue weighted by atomic mass is 16.5. The second-order valence-electron chi connectivity index (χ2n) is 6.49. The van der Waals surface area contributed by atoms with Crippen molar-refractivity contribution in [2.45, 2.75) is 26.8 Å². The van der Waals surface area contributed by atoms with E-state index in [1.54, 1.807) is 0 Å². The lowest BCUT2D eigenvalue weighted by Gasteiger charge is -2.30. The standard InChI is InChI=1S/C21H21N3O2/c1-4-26-20(25)18-14(3)22-21-23-16-10-5-6-11-17(16)24(21)19(18)15-9-7-8-13(2)12-15/h5-12,19H,4H2,1-3H3,(H,22,23)/t19-/m0/s1. The number of aryl methyl sites for hydroxylation is 1. The fourth-order valence-electron chi connectivity index (χ4n) is 3.59. The van der Waals surface area contributed by atoms with Gasteiger partial charge in [-0.2, -0.15) is 0 Å². The first kappa shape index (κ1) is 16.4. The van der Waals surface area contributed by atoms with Crippen LogP contribution in [0, 0.1) is 6.92 Å². The van der Waals surface area contributed by atoms with E-state index in [-0.39, 0.29) is 12.0 Å². The zero-order valence-corrected chi connectivity index (χ0v) is 15.1. The van der Waals surface area contributed by atoms with Crippen molar-refractivity contribution in [1.29, 1.82) is 0 Å². The number of carbonyl (C=O) groups is 1. The van der Waals surface area contributed by atoms with Crippen LogP contribution in [-0.2, 0) is 9.53 Å². The molecule has 0 unspecified atom stereocenters. The van der Waals surface area contributed by atoms with Crippen molar-refractivity contribution >= 4 is 23.0 Å². The Bertz CT molecular complexity index is 1030. The van der Waals surface area contributed by atoms with E-state index in [9.17, 15) is 4.79 Å². The van der Waals surface area contributed by atoms with Crippen molar-refractivity contribution in [3.05, 3.63) is 70.9 Å². The number of para-hydroxylation sites is 2. The van der Waals surface area contributed by atoms with Gasteiger partial charge in [0, 0.05) is 5.70 Å². The number of rotatable bonds is 3. The Hall–Kier alpha value is -3.08. The molecule has 1 aliphatic heterocycles. The predicted molar refractivity (Wildman–Crippen MR) is 102 cm³/mol. The minimum Gasteiger partial charge on any atom is -0.463 e. The quantitative estimate of drug-likeness (QED) is 0.722. The number of carbonyl (C=O) groups excluding carboxylic acids is 1. The molecule has 0 radical (unpaired) electrons. The minimum absolute atomic E-state index is 0.280. The van der Waals surface area contributed by atoms with Crippen LogP contribution in [0.5, 0.6) is 0 Å². The number of ether oxygens (including phenoxy) is 1. The zero-order valence-electron chi connectivity index (χ0n) is 15.1. The van der Waals surface area contributed by atoms with Crippen molar-refractivity contribution in [3.63, 3.8) is 0 Å². The second kappa shape index (κ2) is 6.33. The number of aromatic nitrogens is 2. The fraction of sp³-hybridized carbons (Fsp3) is 0.238. The van der Waals surface area contributed by atoms with Gasteiger partial charge in [0.1, 0.15) is 0 Å². The maximum Gasteiger partial charge on any atom is 0.338 e. The summed E-state index contributed by atoms with van der Waals surface area (Å²) in [6.07, 6.45) is 0. The van der Waals surface area contributed by atoms with Crippen LogP contribution in [-0.4, -0.2) is 22.1 Å². The van der Waals surface area contributed by atoms with E-state index in [2.05, 4.69) is 28.9 Å². The molecule has 0 amide bonds. The Morgan fingerprint density at radius 1 is 1.19 bits per heavy atom. The third kappa shape index (κ3) is 2.56. The van der Waals surface area contributed by atoms with E-state index in [1.807, 2.05) is 50.2 Å². The summed E-state index contributed by atoms with van der Waals surface area (Å²) in [5.74, 6) is 0.440. The molecule has 1 aliphatic rings. The van der Waals surface area contributed by atoms with Crippen molar-refractivity contribution in [1.82, 2.24) is 9.55 Å². The minimum atomic E-state index is -0.299. The molecule has 1 atom stereocenters. The van der Waals surface area contributed by atoms with Crippen molar-refractivity contribution in [2.75, 3.05) is 11.9 Å². The molecular formula is C21H21N3O2. The third-order valence-electron chi connectivity index (χ3n) is 4.68. The van der Waals surface area contributed by atoms with Crippen LogP contribution in [0.1, 0.15) is 31.0 Å². The molecule has 26 heavy (non-hydrogen) atoms. The highest BCUT2D eigenvalue weighted by Crippen LogP contribution is 2.39. The molecule has 2 aromatic carbocycles. The van der Waals surface area contributed by atoms with E-state index >= 15 is 0 Å². The fourth-order valence-corrected chi connectivity index (χ4v) is 3.59. The Labute approximate surface area is 152 Å². The van der Waals surface area contributed by atoms with E-state index in [1.165, 1.54) is 0 Å². The first-order valence-corrected chi connectivity index (χ1v) is 8.78. The lowest BCUT2D eigenvalue weighted by Crippen LogP contribution is -2.29. The number of hydrogen-bond acceptors (Lipinski definition) is 4. The first-order valence-electron chi connectivity index (χ1n) is 8.78. The molecule has 1 aromatic heterocycles. The molecular weight excluding hydrogens is 326 g/mol. The molecule has 1 N–H and O–H groups in total. The average Bonchev–Trinajstić information content (AvgIpc) is 2.98. The van der Waals surface area contributed by atoms with E-state index in [0.29, 0.717) is 12.2 Å². The molecule has 0 bridgehead atoms. The lowest BCUT2D eigenvalue weighted by atomic mass is 9.94. The van der Waals surface area contributed by atoms with Crippen LogP contribution >= 0.6 is 0 Å². The van der Waals surface area contributed by atoms with Crippen molar-refractivity contribution in [3.8, 4) is 0 Å². The van der Waals surface area contributed by atoms with Gasteiger partial charge in [-0.15, -0.1) is 0 Å². The van der Waals surface area contributed by atoms with E-state index in [0.717, 1.165) is 33.8 Å². The number of imidazole rings is 1. The monoisotopic (exact) mass is 347 g/mol. The molecule has 5 heteroatoms. The third-order valence-corrected chi connectivity index (χ3v) is 4.68. The topological polar surface area (TPSA) is 56.1 Å². The molecule has 5 nitrogen and oxygen atoms in total. The Morgan fingerprint density at radius 2 is 2.00 bits per heavy atom. The Balaban J connectivity index is 1.99. The van der Waals surface area contributed by atoms with Gasteiger partial charge in [0.25, 0.3) is 0 Å². The molecule has 132 valence electrons. The number of nitrogens with zero attached hydrogens (tertiary/aromatic N) is 2. The second-order valence-corrected chi connectivity index (χ2v) is 6.49. The summed E-state index contributed by atoms with van der Waals surface area (Å²) >= 11 is 0. The van der Waals surface area contributed by atoms with Gasteiger partial charge in [0.05, 0.1) is 29.3 Å². The molecule has 0 saturated carbocycles. The number of anilines is 1. The van der Waals surface area contributed by atoms with E-state index < -0.39 is 0 Å². The number of esters is 1. The van der Waals surface area contributed by atoms with Gasteiger partial charge >= 0.3 is 5.97 Å². The largest absolute Gasteiger partial charge is 0.463 e. The van der Waals surface area contributed by atoms with E-state index in [4.69, 9.17) is 9.72 Å². The summed E-state index contributed by atoms with van der Waals surface area (Å²) in [6, 6.07) is 15.9. The molecule has 3 aromatic rings. The summed E-state index contributed by atoms with van der Waals surface area (Å²) in [7, 11) is 0. The molecule has 0 aliphatic carbocycles. The number of fused-ring (bicyclic) bond motifs is 3. The maximum absolute atomic E-state index is 12.8. The van der Waals surface area contributed by atoms with Crippen LogP contribution in [0.2, 0.25) is 0 Å². The zero-order chi connectivity index (χ0) is 18.3. The van der Waals surface area contributed by atoms with Crippen LogP contribution in [0.15, 0.2) is 59.8 Å². The number of benzene rings is 2. The van der Waals surface area contributed by atoms with Gasteiger partial charge in [-0.3, -0.25) is 4.57 Å². The average molecular weight is 347 g/mol. The molecule has 4 rings (SSSR count). The normalized spacial score (nSPS) is 16.3. The van der Waals surface area contributed by atoms with Crippen LogP contribution in [0.4, 0.5) is 5.95 Å². The lowest BCUT2D eigenvalue weighted by molar-refractivity contribution is -0.139. The summed E-state index contributed by atoms with van der Waals surface area (Å²) < 4.78 is 7.45. The van der Waals surface area contributed by atoms with Gasteiger partial charge in [0.15, 0.2) is 0 Å². The summed E-state index contributed by atoms with van der Waals surface area (Å²) in [5, 5.41) is 3.28. The van der Waals surface area contributed by atoms with Gasteiger partial charge in [-0.1, -0.05) is 42.0 Å². The Kier molecular flexibility index (Phi) is 3.99. The maximum atomic E-state index is 12.8. The highest BCUT2D eigenvalue weighted by molar-refractivity contribution is 5.94. The number of allylic oxidation sites excluding steroid dienone is 1. The SMILES string of the molecule is CCOC(=O)C1=C(C)Nc2nc3ccccc3n2[C@H]1c1cccc(C)c1. The summed E-state index contributed by atoms with van der Waals surface area (Å²) in [5.41, 5.74) is 5.46. The number of nitrogens with one attached hydrogen (secondary N) is 1. The van der Waals surface area contributed by atoms with Gasteiger partial charge < -0.3 is 10.1 Å². The van der Waals surface area contributed by atoms with Crippen molar-refractivity contribution < 1.29 is 9.53 Å². The van der Waals surface area contributed by atoms with Crippen LogP contribution < -0.4 is 5.32 Å². The number of hydrogen-bond donors (Lipinski definition) is 1. The van der Waals surface area contributed by atoms with Gasteiger partial charge in [-0.05, 0) is 38.5 Å². The summed E-state index contributed by atoms with van der Waals surface area (Å²) in [6.45, 7) is 6.12. The molecule has 0 spiro atoms. The predicted octanol–water partition coefficient (Wildman–Crippen LogP) is 4.20. The van der Waals surface area contributed by atoms with Crippen LogP contribution in [0.3, 0.4) is 0 Å². The summed E-state index contributed by atoms with van der Waals surface area (Å²) in [4.78, 5) is 17.5. The van der Waals surface area contributed by atoms with Crippen molar-refractivity contribution in [2.24, 2.45) is 0 Å². The Morgan fingerprint density at radius 3 is 2.77 bits per heavy atom. The smallest absolute Gasteiger partial charge is 0.338 e. The first-order chi connectivity index (χ1) is 12.6. The van der Waals surface area contributed by atoms with Gasteiger partial charge in [0.2, 0.25) is 5.95 Å².